The Bertz CT molecular complexity index is 746. The van der Waals surface area contributed by atoms with Gasteiger partial charge in [-0.15, -0.1) is 0 Å². The van der Waals surface area contributed by atoms with Gasteiger partial charge in [0.25, 0.3) is 0 Å². The highest BCUT2D eigenvalue weighted by molar-refractivity contribution is 5.87. The summed E-state index contributed by atoms with van der Waals surface area (Å²) in [5.41, 5.74) is 2.70. The Morgan fingerprint density at radius 2 is 2.23 bits per heavy atom. The van der Waals surface area contributed by atoms with Crippen LogP contribution in [0.1, 0.15) is 36.6 Å². The van der Waals surface area contributed by atoms with E-state index in [9.17, 15) is 9.90 Å². The summed E-state index contributed by atoms with van der Waals surface area (Å²) in [6.45, 7) is 0.816. The molecule has 1 saturated carbocycles. The Morgan fingerprint density at radius 3 is 2.86 bits per heavy atom. The van der Waals surface area contributed by atoms with Gasteiger partial charge >= 0.3 is 5.97 Å². The normalized spacial score (nSPS) is 22.9. The third-order valence-corrected chi connectivity index (χ3v) is 5.38. The van der Waals surface area contributed by atoms with Crippen molar-refractivity contribution in [3.05, 3.63) is 29.5 Å². The van der Waals surface area contributed by atoms with E-state index in [0.717, 1.165) is 54.6 Å². The summed E-state index contributed by atoms with van der Waals surface area (Å²) < 4.78 is 5.32. The van der Waals surface area contributed by atoms with Gasteiger partial charge in [-0.2, -0.15) is 0 Å². The molecule has 1 aliphatic carbocycles. The van der Waals surface area contributed by atoms with E-state index in [1.165, 1.54) is 5.56 Å². The lowest BCUT2D eigenvalue weighted by molar-refractivity contribution is -0.158. The largest absolute Gasteiger partial charge is 0.497 e. The van der Waals surface area contributed by atoms with Crippen molar-refractivity contribution >= 4 is 16.9 Å². The molecule has 0 radical (unpaired) electrons. The van der Waals surface area contributed by atoms with Crippen LogP contribution in [0.3, 0.4) is 0 Å². The van der Waals surface area contributed by atoms with Gasteiger partial charge in [0.05, 0.1) is 18.6 Å². The Kier molecular flexibility index (Phi) is 2.94. The summed E-state index contributed by atoms with van der Waals surface area (Å²) in [5, 5.41) is 14.3. The van der Waals surface area contributed by atoms with Crippen LogP contribution in [0.5, 0.6) is 5.75 Å². The number of carboxylic acids is 1. The molecule has 0 bridgehead atoms. The number of ether oxygens (including phenoxy) is 1. The third-order valence-electron chi connectivity index (χ3n) is 5.38. The predicted molar refractivity (Wildman–Crippen MR) is 83.2 cm³/mol. The van der Waals surface area contributed by atoms with Crippen molar-refractivity contribution in [2.75, 3.05) is 13.7 Å². The number of aromatic nitrogens is 1. The van der Waals surface area contributed by atoms with Crippen LogP contribution in [-0.2, 0) is 11.2 Å². The first-order chi connectivity index (χ1) is 10.7. The average Bonchev–Trinajstić information content (AvgIpc) is 2.84. The highest BCUT2D eigenvalue weighted by Crippen LogP contribution is 2.52. The Labute approximate surface area is 128 Å². The number of carboxylic acid groups (broad SMARTS) is 1. The molecule has 5 heteroatoms. The van der Waals surface area contributed by atoms with Crippen molar-refractivity contribution in [3.63, 3.8) is 0 Å². The molecule has 5 nitrogen and oxygen atoms in total. The second-order valence-corrected chi connectivity index (χ2v) is 6.38. The van der Waals surface area contributed by atoms with Gasteiger partial charge in [0, 0.05) is 16.6 Å². The lowest BCUT2D eigenvalue weighted by Gasteiger charge is -2.45. The minimum absolute atomic E-state index is 0.124. The lowest BCUT2D eigenvalue weighted by Crippen LogP contribution is -2.50. The molecule has 0 saturated heterocycles. The van der Waals surface area contributed by atoms with Gasteiger partial charge in [-0.1, -0.05) is 6.42 Å². The zero-order valence-electron chi connectivity index (χ0n) is 12.6. The molecule has 1 fully saturated rings. The lowest BCUT2D eigenvalue weighted by atomic mass is 9.62. The molecule has 0 spiro atoms. The van der Waals surface area contributed by atoms with E-state index in [1.54, 1.807) is 7.11 Å². The molecule has 1 atom stereocenters. The predicted octanol–water partition coefficient (Wildman–Crippen LogP) is 2.62. The van der Waals surface area contributed by atoms with Crippen molar-refractivity contribution in [1.82, 2.24) is 10.3 Å². The van der Waals surface area contributed by atoms with Crippen LogP contribution < -0.4 is 10.1 Å². The number of aromatic amines is 1. The van der Waals surface area contributed by atoms with Gasteiger partial charge in [-0.3, -0.25) is 4.79 Å². The van der Waals surface area contributed by atoms with E-state index >= 15 is 0 Å². The van der Waals surface area contributed by atoms with Gasteiger partial charge in [0.15, 0.2) is 0 Å². The number of benzene rings is 1. The summed E-state index contributed by atoms with van der Waals surface area (Å²) in [6.07, 6.45) is 3.40. The zero-order chi connectivity index (χ0) is 15.3. The van der Waals surface area contributed by atoms with Crippen molar-refractivity contribution < 1.29 is 14.6 Å². The summed E-state index contributed by atoms with van der Waals surface area (Å²) in [7, 11) is 1.67. The maximum atomic E-state index is 11.9. The first kappa shape index (κ1) is 13.6. The van der Waals surface area contributed by atoms with Crippen LogP contribution in [-0.4, -0.2) is 29.7 Å². The van der Waals surface area contributed by atoms with E-state index in [-0.39, 0.29) is 6.04 Å². The fourth-order valence-corrected chi connectivity index (χ4v) is 3.99. The molecule has 2 aromatic rings. The first-order valence-electron chi connectivity index (χ1n) is 7.81. The maximum Gasteiger partial charge on any atom is 0.311 e. The molecule has 3 N–H and O–H groups in total. The second kappa shape index (κ2) is 4.74. The van der Waals surface area contributed by atoms with Crippen molar-refractivity contribution in [2.24, 2.45) is 5.41 Å². The fourth-order valence-electron chi connectivity index (χ4n) is 3.99. The monoisotopic (exact) mass is 300 g/mol. The van der Waals surface area contributed by atoms with Crippen LogP contribution in [0.2, 0.25) is 0 Å². The average molecular weight is 300 g/mol. The summed E-state index contributed by atoms with van der Waals surface area (Å²) in [6, 6.07) is 5.86. The first-order valence-corrected chi connectivity index (χ1v) is 7.81. The van der Waals surface area contributed by atoms with Crippen molar-refractivity contribution in [3.8, 4) is 5.75 Å². The van der Waals surface area contributed by atoms with Crippen LogP contribution in [0.25, 0.3) is 10.9 Å². The molecule has 22 heavy (non-hydrogen) atoms. The van der Waals surface area contributed by atoms with E-state index in [2.05, 4.69) is 10.3 Å². The van der Waals surface area contributed by atoms with Crippen LogP contribution in [0.15, 0.2) is 18.2 Å². The van der Waals surface area contributed by atoms with E-state index in [1.807, 2.05) is 18.2 Å². The summed E-state index contributed by atoms with van der Waals surface area (Å²) >= 11 is 0. The number of rotatable bonds is 3. The van der Waals surface area contributed by atoms with E-state index in [4.69, 9.17) is 4.74 Å². The van der Waals surface area contributed by atoms with Gasteiger partial charge in [-0.25, -0.2) is 0 Å². The molecule has 1 unspecified atom stereocenters. The molecule has 0 amide bonds. The van der Waals surface area contributed by atoms with Crippen LogP contribution >= 0.6 is 0 Å². The standard InChI is InChI=1S/C17H20N2O3/c1-22-10-3-4-13-12(9-10)11-5-8-18-15(14(11)19-13)17(16(20)21)6-2-7-17/h3-4,9,15,18-19H,2,5-8H2,1H3,(H,20,21). The maximum absolute atomic E-state index is 11.9. The van der Waals surface area contributed by atoms with Gasteiger partial charge in [-0.05, 0) is 49.6 Å². The number of fused-ring (bicyclic) bond motifs is 3. The molecule has 1 aromatic carbocycles. The number of aliphatic carboxylic acids is 1. The minimum atomic E-state index is -0.680. The number of hydrogen-bond donors (Lipinski definition) is 3. The van der Waals surface area contributed by atoms with Crippen molar-refractivity contribution in [2.45, 2.75) is 31.7 Å². The minimum Gasteiger partial charge on any atom is -0.497 e. The van der Waals surface area contributed by atoms with E-state index < -0.39 is 11.4 Å². The van der Waals surface area contributed by atoms with E-state index in [0.29, 0.717) is 0 Å². The number of nitrogens with one attached hydrogen (secondary N) is 2. The molecule has 1 aromatic heterocycles. The zero-order valence-corrected chi connectivity index (χ0v) is 12.6. The molecule has 1 aliphatic heterocycles. The number of hydrogen-bond acceptors (Lipinski definition) is 3. The highest BCUT2D eigenvalue weighted by atomic mass is 16.5. The number of methoxy groups -OCH3 is 1. The molecule has 116 valence electrons. The topological polar surface area (TPSA) is 74.3 Å². The summed E-state index contributed by atoms with van der Waals surface area (Å²) in [4.78, 5) is 15.3. The van der Waals surface area contributed by atoms with Crippen LogP contribution in [0, 0.1) is 5.41 Å². The molecule has 2 aliphatic rings. The third kappa shape index (κ3) is 1.72. The highest BCUT2D eigenvalue weighted by Gasteiger charge is 2.52. The van der Waals surface area contributed by atoms with Crippen LogP contribution in [0.4, 0.5) is 0 Å². The Morgan fingerprint density at radius 1 is 1.41 bits per heavy atom. The number of carbonyl (C=O) groups is 1. The van der Waals surface area contributed by atoms with Gasteiger partial charge in [0.2, 0.25) is 0 Å². The molecule has 4 rings (SSSR count). The van der Waals surface area contributed by atoms with Gasteiger partial charge in [0.1, 0.15) is 5.75 Å². The molecular formula is C17H20N2O3. The SMILES string of the molecule is COc1ccc2[nH]c3c(c2c1)CCNC3C1(C(=O)O)CCC1. The molecular weight excluding hydrogens is 280 g/mol. The summed E-state index contributed by atoms with van der Waals surface area (Å²) in [5.74, 6) is 0.154. The number of H-pyrrole nitrogens is 1. The Balaban J connectivity index is 1.86. The smallest absolute Gasteiger partial charge is 0.311 e. The quantitative estimate of drug-likeness (QED) is 0.814. The fraction of sp³-hybridized carbons (Fsp3) is 0.471. The second-order valence-electron chi connectivity index (χ2n) is 6.38. The Hall–Kier alpha value is -2.01. The van der Waals surface area contributed by atoms with Gasteiger partial charge < -0.3 is 20.1 Å². The molecule has 2 heterocycles. The van der Waals surface area contributed by atoms with Crippen molar-refractivity contribution in [1.29, 1.82) is 0 Å².